The molecule has 0 aliphatic rings. The van der Waals surface area contributed by atoms with Gasteiger partial charge in [-0.2, -0.15) is 0 Å². The highest BCUT2D eigenvalue weighted by atomic mass is 79.9. The van der Waals surface area contributed by atoms with Crippen LogP contribution < -0.4 is 10.6 Å². The molecule has 1 aromatic carbocycles. The zero-order valence-corrected chi connectivity index (χ0v) is 17.2. The number of rotatable bonds is 10. The molecule has 0 heterocycles. The van der Waals surface area contributed by atoms with Gasteiger partial charge in [0.15, 0.2) is 0 Å². The lowest BCUT2D eigenvalue weighted by Crippen LogP contribution is -2.19. The Hall–Kier alpha value is -0.000000000000000111. The van der Waals surface area contributed by atoms with Gasteiger partial charge in [0.05, 0.1) is 37.0 Å². The van der Waals surface area contributed by atoms with Gasteiger partial charge in [0.25, 0.3) is 0 Å². The van der Waals surface area contributed by atoms with Gasteiger partial charge >= 0.3 is 15.2 Å². The van der Waals surface area contributed by atoms with Crippen molar-refractivity contribution in [2.45, 2.75) is 27.7 Å². The van der Waals surface area contributed by atoms with Crippen molar-refractivity contribution in [2.75, 3.05) is 26.4 Å². The van der Waals surface area contributed by atoms with E-state index >= 15 is 0 Å². The minimum Gasteiger partial charge on any atom is -0.305 e. The monoisotopic (exact) mass is 428 g/mol. The second-order valence-corrected chi connectivity index (χ2v) is 9.30. The zero-order valence-electron chi connectivity index (χ0n) is 13.8. The highest BCUT2D eigenvalue weighted by Crippen LogP contribution is 2.50. The Bertz CT molecular complexity index is 539. The Kier molecular flexibility index (Phi) is 8.67. The van der Waals surface area contributed by atoms with Crippen LogP contribution in [0.3, 0.4) is 0 Å². The van der Waals surface area contributed by atoms with Crippen molar-refractivity contribution >= 4 is 41.7 Å². The molecule has 0 amide bonds. The SMILES string of the molecule is CCOP(=O)(OCC)c1cc(Br)cc(P(=O)(OCC)OCC)c1. The van der Waals surface area contributed by atoms with Gasteiger partial charge in [-0.05, 0) is 45.9 Å². The molecule has 6 nitrogen and oxygen atoms in total. The fourth-order valence-electron chi connectivity index (χ4n) is 1.93. The molecule has 23 heavy (non-hydrogen) atoms. The van der Waals surface area contributed by atoms with Gasteiger partial charge in [-0.25, -0.2) is 0 Å². The van der Waals surface area contributed by atoms with Crippen molar-refractivity contribution in [3.05, 3.63) is 22.7 Å². The third-order valence-corrected chi connectivity index (χ3v) is 7.33. The second kappa shape index (κ2) is 9.47. The summed E-state index contributed by atoms with van der Waals surface area (Å²) in [6.45, 7) is 7.85. The first-order chi connectivity index (χ1) is 10.8. The Morgan fingerprint density at radius 1 is 0.739 bits per heavy atom. The van der Waals surface area contributed by atoms with Crippen molar-refractivity contribution in [3.63, 3.8) is 0 Å². The standard InChI is InChI=1S/C14H23BrO6P2/c1-5-18-22(16,19-6-2)13-9-12(15)10-14(11-13)23(17,20-7-3)21-8-4/h9-11H,5-8H2,1-4H3. The normalized spacial score (nSPS) is 12.6. The molecule has 0 saturated heterocycles. The highest BCUT2D eigenvalue weighted by molar-refractivity contribution is 9.10. The largest absolute Gasteiger partial charge is 0.361 e. The number of hydrogen-bond donors (Lipinski definition) is 0. The molecule has 0 aliphatic carbocycles. The molecule has 0 aromatic heterocycles. The van der Waals surface area contributed by atoms with E-state index in [9.17, 15) is 9.13 Å². The van der Waals surface area contributed by atoms with Crippen molar-refractivity contribution in [2.24, 2.45) is 0 Å². The summed E-state index contributed by atoms with van der Waals surface area (Å²) < 4.78 is 47.8. The molecule has 0 fully saturated rings. The molecule has 0 spiro atoms. The summed E-state index contributed by atoms with van der Waals surface area (Å²) in [5.41, 5.74) is 0. The van der Waals surface area contributed by atoms with Crippen LogP contribution in [0.4, 0.5) is 0 Å². The van der Waals surface area contributed by atoms with Crippen molar-refractivity contribution in [1.82, 2.24) is 0 Å². The van der Waals surface area contributed by atoms with Crippen LogP contribution in [0.15, 0.2) is 22.7 Å². The molecular weight excluding hydrogens is 406 g/mol. The van der Waals surface area contributed by atoms with Gasteiger partial charge in [-0.1, -0.05) is 15.9 Å². The van der Waals surface area contributed by atoms with Gasteiger partial charge in [-0.3, -0.25) is 9.13 Å². The van der Waals surface area contributed by atoms with E-state index in [1.807, 2.05) is 0 Å². The van der Waals surface area contributed by atoms with Gasteiger partial charge in [-0.15, -0.1) is 0 Å². The average molecular weight is 429 g/mol. The summed E-state index contributed by atoms with van der Waals surface area (Å²) >= 11 is 3.34. The Morgan fingerprint density at radius 2 is 1.04 bits per heavy atom. The van der Waals surface area contributed by atoms with Gasteiger partial charge in [0.1, 0.15) is 0 Å². The summed E-state index contributed by atoms with van der Waals surface area (Å²) in [6.07, 6.45) is 0. The van der Waals surface area contributed by atoms with Crippen LogP contribution in [-0.4, -0.2) is 26.4 Å². The molecular formula is C14H23BrO6P2. The summed E-state index contributed by atoms with van der Waals surface area (Å²) in [7, 11) is -6.99. The van der Waals surface area contributed by atoms with E-state index in [2.05, 4.69) is 15.9 Å². The molecule has 0 radical (unpaired) electrons. The zero-order chi connectivity index (χ0) is 17.5. The predicted molar refractivity (Wildman–Crippen MR) is 95.1 cm³/mol. The maximum absolute atomic E-state index is 12.9. The smallest absolute Gasteiger partial charge is 0.305 e. The Morgan fingerprint density at radius 3 is 1.30 bits per heavy atom. The molecule has 1 rings (SSSR count). The van der Waals surface area contributed by atoms with Crippen LogP contribution in [0.2, 0.25) is 0 Å². The van der Waals surface area contributed by atoms with Crippen LogP contribution >= 0.6 is 31.1 Å². The van der Waals surface area contributed by atoms with Crippen LogP contribution in [0.5, 0.6) is 0 Å². The van der Waals surface area contributed by atoms with E-state index in [0.717, 1.165) is 0 Å². The van der Waals surface area contributed by atoms with Gasteiger partial charge in [0.2, 0.25) is 0 Å². The van der Waals surface area contributed by atoms with Crippen LogP contribution in [0.25, 0.3) is 0 Å². The maximum atomic E-state index is 12.9. The Labute approximate surface area is 146 Å². The summed E-state index contributed by atoms with van der Waals surface area (Å²) in [5, 5.41) is 0.621. The molecule has 132 valence electrons. The lowest BCUT2D eigenvalue weighted by molar-refractivity contribution is 0.230. The molecule has 0 bridgehead atoms. The first kappa shape index (κ1) is 21.0. The first-order valence-corrected chi connectivity index (χ1v) is 11.3. The van der Waals surface area contributed by atoms with E-state index < -0.39 is 15.2 Å². The Balaban J connectivity index is 3.41. The molecule has 0 aliphatic heterocycles. The fourth-order valence-corrected chi connectivity index (χ4v) is 6.17. The third-order valence-electron chi connectivity index (χ3n) is 2.70. The van der Waals surface area contributed by atoms with Gasteiger partial charge < -0.3 is 18.1 Å². The quantitative estimate of drug-likeness (QED) is 0.519. The van der Waals surface area contributed by atoms with Gasteiger partial charge in [0, 0.05) is 4.47 Å². The lowest BCUT2D eigenvalue weighted by atomic mass is 10.4. The van der Waals surface area contributed by atoms with Crippen molar-refractivity contribution in [1.29, 1.82) is 0 Å². The predicted octanol–water partition coefficient (Wildman–Crippen LogP) is 4.23. The van der Waals surface area contributed by atoms with E-state index in [-0.39, 0.29) is 26.4 Å². The van der Waals surface area contributed by atoms with Crippen molar-refractivity contribution in [3.8, 4) is 0 Å². The molecule has 0 unspecified atom stereocenters. The minimum absolute atomic E-state index is 0.230. The molecule has 0 saturated carbocycles. The van der Waals surface area contributed by atoms with Crippen LogP contribution in [0, 0.1) is 0 Å². The number of hydrogen-bond acceptors (Lipinski definition) is 6. The lowest BCUT2D eigenvalue weighted by Gasteiger charge is -2.21. The van der Waals surface area contributed by atoms with E-state index in [1.165, 1.54) is 6.07 Å². The van der Waals surface area contributed by atoms with Crippen molar-refractivity contribution < 1.29 is 27.2 Å². The van der Waals surface area contributed by atoms with Crippen LogP contribution in [0.1, 0.15) is 27.7 Å². The fraction of sp³-hybridized carbons (Fsp3) is 0.571. The molecule has 0 atom stereocenters. The summed E-state index contributed by atoms with van der Waals surface area (Å²) in [5.74, 6) is 0. The van der Waals surface area contributed by atoms with E-state index in [0.29, 0.717) is 15.1 Å². The average Bonchev–Trinajstić information content (AvgIpc) is 2.47. The first-order valence-electron chi connectivity index (χ1n) is 7.45. The maximum Gasteiger partial charge on any atom is 0.361 e. The van der Waals surface area contributed by atoms with E-state index in [1.54, 1.807) is 39.8 Å². The molecule has 9 heteroatoms. The van der Waals surface area contributed by atoms with Crippen LogP contribution in [-0.2, 0) is 27.2 Å². The molecule has 1 aromatic rings. The molecule has 0 N–H and O–H groups in total. The number of halogens is 1. The van der Waals surface area contributed by atoms with E-state index in [4.69, 9.17) is 18.1 Å². The second-order valence-electron chi connectivity index (χ2n) is 4.33. The summed E-state index contributed by atoms with van der Waals surface area (Å²) in [6, 6.07) is 4.75. The number of benzene rings is 1. The topological polar surface area (TPSA) is 71.1 Å². The summed E-state index contributed by atoms with van der Waals surface area (Å²) in [4.78, 5) is 0. The highest BCUT2D eigenvalue weighted by Gasteiger charge is 2.32. The minimum atomic E-state index is -3.50. The third kappa shape index (κ3) is 5.50.